The van der Waals surface area contributed by atoms with E-state index in [9.17, 15) is 24.3 Å². The number of carbonyl (C=O) groups excluding carboxylic acids is 3. The summed E-state index contributed by atoms with van der Waals surface area (Å²) in [5.74, 6) is -1.04. The number of hydrogen-bond acceptors (Lipinski definition) is 9. The van der Waals surface area contributed by atoms with Crippen LogP contribution < -0.4 is 10.1 Å². The van der Waals surface area contributed by atoms with E-state index in [0.717, 1.165) is 0 Å². The molecule has 1 atom stereocenters. The first-order valence-electron chi connectivity index (χ1n) is 14.5. The van der Waals surface area contributed by atoms with E-state index in [1.807, 2.05) is 30.3 Å². The second-order valence-corrected chi connectivity index (χ2v) is 11.5. The SMILES string of the molecule is CC(C)(C)OC(=O)CC[C@H](NC(=O)c1cc(OC2CCOCC2)nc(-c2ccccc2)n1)C(=O)N1CCN(C(=O)O)CC1. The number of ether oxygens (including phenoxy) is 3. The highest BCUT2D eigenvalue weighted by atomic mass is 16.6. The number of rotatable bonds is 9. The fourth-order valence-corrected chi connectivity index (χ4v) is 4.77. The van der Waals surface area contributed by atoms with Gasteiger partial charge in [-0.1, -0.05) is 30.3 Å². The highest BCUT2D eigenvalue weighted by Gasteiger charge is 2.32. The summed E-state index contributed by atoms with van der Waals surface area (Å²) in [5.41, 5.74) is -0.0210. The predicted molar refractivity (Wildman–Crippen MR) is 154 cm³/mol. The topological polar surface area (TPSA) is 160 Å². The molecule has 0 spiro atoms. The van der Waals surface area contributed by atoms with Gasteiger partial charge in [-0.2, -0.15) is 4.98 Å². The molecule has 2 aromatic rings. The van der Waals surface area contributed by atoms with Crippen molar-refractivity contribution in [1.82, 2.24) is 25.1 Å². The summed E-state index contributed by atoms with van der Waals surface area (Å²) in [6.45, 7) is 7.00. The zero-order valence-corrected chi connectivity index (χ0v) is 24.8. The number of nitrogens with one attached hydrogen (secondary N) is 1. The summed E-state index contributed by atoms with van der Waals surface area (Å²) in [7, 11) is 0. The highest BCUT2D eigenvalue weighted by molar-refractivity contribution is 5.96. The van der Waals surface area contributed by atoms with Gasteiger partial charge in [0.2, 0.25) is 11.8 Å². The number of piperazine rings is 1. The third-order valence-electron chi connectivity index (χ3n) is 6.95. The maximum absolute atomic E-state index is 13.6. The standard InChI is InChI=1S/C30H39N5O8/c1-30(2,3)43-25(36)10-9-22(28(38)34-13-15-35(16-14-34)29(39)40)32-27(37)23-19-24(42-21-11-17-41-18-12-21)33-26(31-23)20-7-5-4-6-8-20/h4-8,19,21-22H,9-18H2,1-3H3,(H,32,37)(H,39,40)/t22-/m0/s1. The van der Waals surface area contributed by atoms with Crippen molar-refractivity contribution in [2.24, 2.45) is 0 Å². The molecule has 0 radical (unpaired) electrons. The van der Waals surface area contributed by atoms with Crippen molar-refractivity contribution in [2.75, 3.05) is 39.4 Å². The van der Waals surface area contributed by atoms with Crippen molar-refractivity contribution in [3.8, 4) is 17.3 Å². The molecular weight excluding hydrogens is 558 g/mol. The molecular formula is C30H39N5O8. The Kier molecular flexibility index (Phi) is 10.5. The summed E-state index contributed by atoms with van der Waals surface area (Å²) in [6, 6.07) is 9.53. The molecule has 2 N–H and O–H groups in total. The molecule has 2 aliphatic heterocycles. The maximum atomic E-state index is 13.6. The Morgan fingerprint density at radius 3 is 2.30 bits per heavy atom. The minimum absolute atomic E-state index is 0.00155. The lowest BCUT2D eigenvalue weighted by Crippen LogP contribution is -2.55. The number of amides is 3. The van der Waals surface area contributed by atoms with Crippen LogP contribution in [0.5, 0.6) is 5.88 Å². The van der Waals surface area contributed by atoms with Gasteiger partial charge in [-0.25, -0.2) is 9.78 Å². The summed E-state index contributed by atoms with van der Waals surface area (Å²) in [6.07, 6.45) is 0.0564. The van der Waals surface area contributed by atoms with Gasteiger partial charge in [-0.05, 0) is 27.2 Å². The number of nitrogens with zero attached hydrogens (tertiary/aromatic N) is 4. The zero-order valence-electron chi connectivity index (χ0n) is 24.8. The van der Waals surface area contributed by atoms with E-state index in [4.69, 9.17) is 14.2 Å². The largest absolute Gasteiger partial charge is 0.474 e. The summed E-state index contributed by atoms with van der Waals surface area (Å²) in [5, 5.41) is 12.0. The van der Waals surface area contributed by atoms with Crippen molar-refractivity contribution in [3.63, 3.8) is 0 Å². The van der Waals surface area contributed by atoms with Crippen LogP contribution in [-0.4, -0.2) is 106 Å². The predicted octanol–water partition coefficient (Wildman–Crippen LogP) is 2.74. The first-order chi connectivity index (χ1) is 20.5. The van der Waals surface area contributed by atoms with Crippen LogP contribution in [0, 0.1) is 0 Å². The van der Waals surface area contributed by atoms with Gasteiger partial charge in [0.05, 0.1) is 13.2 Å². The van der Waals surface area contributed by atoms with Crippen LogP contribution in [0.2, 0.25) is 0 Å². The quantitative estimate of drug-likeness (QED) is 0.411. The van der Waals surface area contributed by atoms with Crippen LogP contribution in [0.4, 0.5) is 4.79 Å². The molecule has 2 saturated heterocycles. The molecule has 0 bridgehead atoms. The van der Waals surface area contributed by atoms with Crippen molar-refractivity contribution in [1.29, 1.82) is 0 Å². The van der Waals surface area contributed by atoms with E-state index in [1.54, 1.807) is 20.8 Å². The Labute approximate surface area is 250 Å². The van der Waals surface area contributed by atoms with Gasteiger partial charge in [0.1, 0.15) is 23.4 Å². The van der Waals surface area contributed by atoms with E-state index in [1.165, 1.54) is 15.9 Å². The smallest absolute Gasteiger partial charge is 0.407 e. The number of aromatic nitrogens is 2. The van der Waals surface area contributed by atoms with Gasteiger partial charge < -0.3 is 34.4 Å². The van der Waals surface area contributed by atoms with Crippen molar-refractivity contribution >= 4 is 23.9 Å². The van der Waals surface area contributed by atoms with Crippen LogP contribution in [0.3, 0.4) is 0 Å². The summed E-state index contributed by atoms with van der Waals surface area (Å²) in [4.78, 5) is 62.8. The zero-order chi connectivity index (χ0) is 31.0. The van der Waals surface area contributed by atoms with Gasteiger partial charge in [0.15, 0.2) is 5.82 Å². The molecule has 3 amide bonds. The highest BCUT2D eigenvalue weighted by Crippen LogP contribution is 2.22. The molecule has 2 aliphatic rings. The van der Waals surface area contributed by atoms with E-state index in [2.05, 4.69) is 15.3 Å². The average Bonchev–Trinajstić information content (AvgIpc) is 2.98. The Morgan fingerprint density at radius 1 is 1.02 bits per heavy atom. The molecule has 3 heterocycles. The number of esters is 1. The van der Waals surface area contributed by atoms with Gasteiger partial charge in [0, 0.05) is 57.1 Å². The molecule has 0 aliphatic carbocycles. The minimum Gasteiger partial charge on any atom is -0.474 e. The number of benzene rings is 1. The lowest BCUT2D eigenvalue weighted by atomic mass is 10.1. The Bertz CT molecular complexity index is 1290. The first-order valence-corrected chi connectivity index (χ1v) is 14.5. The molecule has 13 nitrogen and oxygen atoms in total. The second kappa shape index (κ2) is 14.3. The van der Waals surface area contributed by atoms with E-state index in [0.29, 0.717) is 31.6 Å². The molecule has 2 fully saturated rings. The third kappa shape index (κ3) is 9.37. The van der Waals surface area contributed by atoms with Crippen molar-refractivity contribution in [3.05, 3.63) is 42.1 Å². The maximum Gasteiger partial charge on any atom is 0.407 e. The third-order valence-corrected chi connectivity index (χ3v) is 6.95. The van der Waals surface area contributed by atoms with Gasteiger partial charge in [-0.15, -0.1) is 0 Å². The van der Waals surface area contributed by atoms with Crippen molar-refractivity contribution < 1.29 is 38.5 Å². The Morgan fingerprint density at radius 2 is 1.67 bits per heavy atom. The number of hydrogen-bond donors (Lipinski definition) is 2. The van der Waals surface area contributed by atoms with Crippen LogP contribution in [0.1, 0.15) is 56.9 Å². The Balaban J connectivity index is 1.56. The van der Waals surface area contributed by atoms with Crippen molar-refractivity contribution in [2.45, 2.75) is 64.2 Å². The van der Waals surface area contributed by atoms with Gasteiger partial charge in [-0.3, -0.25) is 14.4 Å². The van der Waals surface area contributed by atoms with Crippen LogP contribution in [0.15, 0.2) is 36.4 Å². The summed E-state index contributed by atoms with van der Waals surface area (Å²) < 4.78 is 16.9. The van der Waals surface area contributed by atoms with Gasteiger partial charge >= 0.3 is 12.1 Å². The average molecular weight is 598 g/mol. The molecule has 43 heavy (non-hydrogen) atoms. The molecule has 13 heteroatoms. The lowest BCUT2D eigenvalue weighted by Gasteiger charge is -2.35. The number of carbonyl (C=O) groups is 4. The molecule has 4 rings (SSSR count). The first kappa shape index (κ1) is 31.7. The monoisotopic (exact) mass is 597 g/mol. The molecule has 1 aromatic carbocycles. The van der Waals surface area contributed by atoms with Crippen LogP contribution in [0.25, 0.3) is 11.4 Å². The number of carboxylic acid groups (broad SMARTS) is 1. The van der Waals surface area contributed by atoms with Crippen LogP contribution >= 0.6 is 0 Å². The minimum atomic E-state index is -1.08. The van der Waals surface area contributed by atoms with E-state index < -0.39 is 35.5 Å². The van der Waals surface area contributed by atoms with Crippen LogP contribution in [-0.2, 0) is 19.1 Å². The van der Waals surface area contributed by atoms with E-state index >= 15 is 0 Å². The molecule has 232 valence electrons. The molecule has 1 aromatic heterocycles. The molecule has 0 saturated carbocycles. The summed E-state index contributed by atoms with van der Waals surface area (Å²) >= 11 is 0. The lowest BCUT2D eigenvalue weighted by molar-refractivity contribution is -0.155. The fraction of sp³-hybridized carbons (Fsp3) is 0.533. The Hall–Kier alpha value is -4.26. The normalized spacial score (nSPS) is 16.7. The molecule has 0 unspecified atom stereocenters. The second-order valence-electron chi connectivity index (χ2n) is 11.5. The van der Waals surface area contributed by atoms with E-state index in [-0.39, 0.29) is 62.5 Å². The van der Waals surface area contributed by atoms with Gasteiger partial charge in [0.25, 0.3) is 5.91 Å². The fourth-order valence-electron chi connectivity index (χ4n) is 4.77.